The quantitative estimate of drug-likeness (QED) is 0.565. The van der Waals surface area contributed by atoms with Gasteiger partial charge in [0.05, 0.1) is 11.4 Å². The minimum atomic E-state index is -0.197. The second-order valence-corrected chi connectivity index (χ2v) is 8.46. The van der Waals surface area contributed by atoms with Gasteiger partial charge in [-0.25, -0.2) is 0 Å². The van der Waals surface area contributed by atoms with Crippen LogP contribution >= 0.6 is 11.8 Å². The van der Waals surface area contributed by atoms with Crippen LogP contribution in [0.2, 0.25) is 0 Å². The summed E-state index contributed by atoms with van der Waals surface area (Å²) in [6, 6.07) is 17.5. The van der Waals surface area contributed by atoms with Crippen molar-refractivity contribution in [1.82, 2.24) is 15.5 Å². The van der Waals surface area contributed by atoms with Gasteiger partial charge < -0.3 is 15.0 Å². The van der Waals surface area contributed by atoms with Crippen LogP contribution in [0.15, 0.2) is 54.6 Å². The molecule has 2 fully saturated rings. The topological polar surface area (TPSA) is 77.4 Å². The molecule has 1 amide bonds. The number of benzene rings is 2. The lowest BCUT2D eigenvalue weighted by Gasteiger charge is -2.21. The highest BCUT2D eigenvalue weighted by atomic mass is 32.2. The van der Waals surface area contributed by atoms with Gasteiger partial charge in [0.25, 0.3) is 0 Å². The zero-order valence-electron chi connectivity index (χ0n) is 16.1. The zero-order valence-corrected chi connectivity index (χ0v) is 16.9. The Morgan fingerprint density at radius 2 is 2.03 bits per heavy atom. The Bertz CT molecular complexity index is 886. The number of amides is 1. The van der Waals surface area contributed by atoms with Crippen LogP contribution in [0.3, 0.4) is 0 Å². The van der Waals surface area contributed by atoms with E-state index in [0.717, 1.165) is 35.8 Å². The van der Waals surface area contributed by atoms with E-state index in [4.69, 9.17) is 10.00 Å². The van der Waals surface area contributed by atoms with Crippen molar-refractivity contribution >= 4 is 17.7 Å². The largest absolute Gasteiger partial charge is 0.457 e. The average molecular weight is 409 g/mol. The first-order valence-electron chi connectivity index (χ1n) is 9.85. The lowest BCUT2D eigenvalue weighted by atomic mass is 10.1. The van der Waals surface area contributed by atoms with E-state index in [1.807, 2.05) is 59.6 Å². The fourth-order valence-electron chi connectivity index (χ4n) is 3.81. The van der Waals surface area contributed by atoms with Crippen LogP contribution in [0.4, 0.5) is 0 Å². The van der Waals surface area contributed by atoms with Crippen molar-refractivity contribution < 1.29 is 9.53 Å². The van der Waals surface area contributed by atoms with E-state index in [1.54, 1.807) is 11.8 Å². The van der Waals surface area contributed by atoms with E-state index < -0.39 is 0 Å². The van der Waals surface area contributed by atoms with E-state index in [0.29, 0.717) is 19.0 Å². The van der Waals surface area contributed by atoms with Gasteiger partial charge in [-0.1, -0.05) is 36.4 Å². The molecule has 2 aliphatic heterocycles. The number of nitrogens with one attached hydrogen (secondary N) is 2. The van der Waals surface area contributed by atoms with E-state index in [1.165, 1.54) is 0 Å². The summed E-state index contributed by atoms with van der Waals surface area (Å²) in [5, 5.41) is 14.9. The summed E-state index contributed by atoms with van der Waals surface area (Å²) in [5.41, 5.74) is 1.05. The van der Waals surface area contributed by atoms with Gasteiger partial charge in [0.2, 0.25) is 5.91 Å². The molecule has 2 aliphatic rings. The number of hydrogen-bond donors (Lipinski definition) is 2. The fourth-order valence-corrected chi connectivity index (χ4v) is 5.07. The highest BCUT2D eigenvalue weighted by molar-refractivity contribution is 7.99. The number of rotatable bonds is 6. The van der Waals surface area contributed by atoms with Crippen molar-refractivity contribution in [3.63, 3.8) is 0 Å². The Labute approximate surface area is 175 Å². The molecule has 7 heteroatoms. The van der Waals surface area contributed by atoms with Gasteiger partial charge in [-0.05, 0) is 30.5 Å². The highest BCUT2D eigenvalue weighted by Crippen LogP contribution is 2.39. The first kappa shape index (κ1) is 19.6. The minimum Gasteiger partial charge on any atom is -0.457 e. The van der Waals surface area contributed by atoms with Crippen molar-refractivity contribution in [3.8, 4) is 17.7 Å². The molecule has 2 heterocycles. The number of carbonyl (C=O) groups excluding carboxylic acids is 1. The van der Waals surface area contributed by atoms with Gasteiger partial charge >= 0.3 is 0 Å². The Morgan fingerprint density at radius 1 is 1.24 bits per heavy atom. The van der Waals surface area contributed by atoms with Gasteiger partial charge in [0.15, 0.2) is 6.19 Å². The second-order valence-electron chi connectivity index (χ2n) is 7.32. The maximum absolute atomic E-state index is 13.0. The SMILES string of the molecule is N#CNC[C@@H]1CCN(C(=O)C2CSC(c3ccccc3Oc3ccccc3)N2)C1. The Hall–Kier alpha value is -2.69. The molecule has 0 saturated carbocycles. The van der Waals surface area contributed by atoms with E-state index in [-0.39, 0.29) is 17.3 Å². The van der Waals surface area contributed by atoms with Crippen LogP contribution in [-0.2, 0) is 4.79 Å². The van der Waals surface area contributed by atoms with Gasteiger partial charge in [0.1, 0.15) is 11.5 Å². The number of likely N-dealkylation sites (tertiary alicyclic amines) is 1. The normalized spacial score (nSPS) is 23.6. The van der Waals surface area contributed by atoms with E-state index in [9.17, 15) is 4.79 Å². The van der Waals surface area contributed by atoms with Gasteiger partial charge in [-0.2, -0.15) is 5.26 Å². The molecule has 0 spiro atoms. The molecular formula is C22H24N4O2S. The maximum atomic E-state index is 13.0. The van der Waals surface area contributed by atoms with Gasteiger partial charge in [0, 0.05) is 31.0 Å². The number of nitrogens with zero attached hydrogens (tertiary/aromatic N) is 2. The fraction of sp³-hybridized carbons (Fsp3) is 0.364. The monoisotopic (exact) mass is 408 g/mol. The molecule has 0 bridgehead atoms. The Balaban J connectivity index is 1.39. The van der Waals surface area contributed by atoms with Crippen LogP contribution in [-0.4, -0.2) is 42.2 Å². The summed E-state index contributed by atoms with van der Waals surface area (Å²) >= 11 is 1.74. The molecule has 150 valence electrons. The number of carbonyl (C=O) groups is 1. The standard InChI is InChI=1S/C22H24N4O2S/c23-15-24-12-16-10-11-26(13-16)22(27)19-14-29-21(25-19)18-8-4-5-9-20(18)28-17-6-2-1-3-7-17/h1-9,16,19,21,24-25H,10-14H2/t16-,19?,21?/m0/s1. The van der Waals surface area contributed by atoms with E-state index in [2.05, 4.69) is 16.7 Å². The number of hydrogen-bond acceptors (Lipinski definition) is 6. The van der Waals surface area contributed by atoms with Crippen LogP contribution in [0.1, 0.15) is 17.4 Å². The molecule has 29 heavy (non-hydrogen) atoms. The number of para-hydroxylation sites is 2. The highest BCUT2D eigenvalue weighted by Gasteiger charge is 2.36. The number of thioether (sulfide) groups is 1. The molecule has 6 nitrogen and oxygen atoms in total. The third-order valence-corrected chi connectivity index (χ3v) is 6.57. The smallest absolute Gasteiger partial charge is 0.240 e. The number of ether oxygens (including phenoxy) is 1. The molecule has 2 saturated heterocycles. The van der Waals surface area contributed by atoms with Gasteiger partial charge in [-0.15, -0.1) is 11.8 Å². The maximum Gasteiger partial charge on any atom is 0.240 e. The summed E-state index contributed by atoms with van der Waals surface area (Å²) in [5.74, 6) is 2.84. The molecule has 4 rings (SSSR count). The Kier molecular flexibility index (Phi) is 6.23. The summed E-state index contributed by atoms with van der Waals surface area (Å²) in [6.07, 6.45) is 2.90. The molecule has 2 aromatic carbocycles. The molecule has 3 atom stereocenters. The summed E-state index contributed by atoms with van der Waals surface area (Å²) < 4.78 is 6.09. The second kappa shape index (κ2) is 9.21. The van der Waals surface area contributed by atoms with Crippen LogP contribution in [0.25, 0.3) is 0 Å². The van der Waals surface area contributed by atoms with Crippen LogP contribution in [0, 0.1) is 17.4 Å². The van der Waals surface area contributed by atoms with Crippen molar-refractivity contribution in [2.45, 2.75) is 17.8 Å². The van der Waals surface area contributed by atoms with Crippen molar-refractivity contribution in [1.29, 1.82) is 5.26 Å². The summed E-state index contributed by atoms with van der Waals surface area (Å²) in [7, 11) is 0. The van der Waals surface area contributed by atoms with Crippen LogP contribution in [0.5, 0.6) is 11.5 Å². The predicted molar refractivity (Wildman–Crippen MR) is 113 cm³/mol. The third kappa shape index (κ3) is 4.66. The molecule has 0 aromatic heterocycles. The number of nitriles is 1. The van der Waals surface area contributed by atoms with Crippen LogP contribution < -0.4 is 15.4 Å². The average Bonchev–Trinajstić information content (AvgIpc) is 3.43. The lowest BCUT2D eigenvalue weighted by Crippen LogP contribution is -2.44. The van der Waals surface area contributed by atoms with Crippen molar-refractivity contribution in [2.24, 2.45) is 5.92 Å². The predicted octanol–water partition coefficient (Wildman–Crippen LogP) is 3.10. The van der Waals surface area contributed by atoms with Crippen molar-refractivity contribution in [2.75, 3.05) is 25.4 Å². The molecule has 2 unspecified atom stereocenters. The molecule has 0 aliphatic carbocycles. The first-order chi connectivity index (χ1) is 14.2. The minimum absolute atomic E-state index is 0.0162. The third-order valence-electron chi connectivity index (χ3n) is 5.32. The summed E-state index contributed by atoms with van der Waals surface area (Å²) in [6.45, 7) is 2.12. The lowest BCUT2D eigenvalue weighted by molar-refractivity contribution is -0.131. The van der Waals surface area contributed by atoms with Crippen molar-refractivity contribution in [3.05, 3.63) is 60.2 Å². The first-order valence-corrected chi connectivity index (χ1v) is 10.9. The molecule has 0 radical (unpaired) electrons. The Morgan fingerprint density at radius 3 is 2.86 bits per heavy atom. The molecular weight excluding hydrogens is 384 g/mol. The molecule has 2 aromatic rings. The molecule has 2 N–H and O–H groups in total. The zero-order chi connectivity index (χ0) is 20.1. The van der Waals surface area contributed by atoms with E-state index >= 15 is 0 Å². The van der Waals surface area contributed by atoms with Gasteiger partial charge in [-0.3, -0.25) is 10.1 Å². The summed E-state index contributed by atoms with van der Waals surface area (Å²) in [4.78, 5) is 14.9.